The van der Waals surface area contributed by atoms with Gasteiger partial charge in [0.25, 0.3) is 0 Å². The van der Waals surface area contributed by atoms with E-state index in [2.05, 4.69) is 18.3 Å². The van der Waals surface area contributed by atoms with Crippen LogP contribution in [0.2, 0.25) is 0 Å². The van der Waals surface area contributed by atoms with Crippen molar-refractivity contribution < 1.29 is 14.3 Å². The van der Waals surface area contributed by atoms with Gasteiger partial charge in [0.2, 0.25) is 5.91 Å². The molecule has 1 aliphatic rings. The fourth-order valence-electron chi connectivity index (χ4n) is 2.54. The molecule has 0 aliphatic heterocycles. The van der Waals surface area contributed by atoms with Gasteiger partial charge in [-0.1, -0.05) is 18.2 Å². The third kappa shape index (κ3) is 3.36. The van der Waals surface area contributed by atoms with E-state index in [1.165, 1.54) is 16.9 Å². The molecule has 0 atom stereocenters. The first-order valence-electron chi connectivity index (χ1n) is 8.18. The molecule has 4 nitrogen and oxygen atoms in total. The summed E-state index contributed by atoms with van der Waals surface area (Å²) in [6, 6.07) is 6.10. The molecule has 1 heterocycles. The van der Waals surface area contributed by atoms with Gasteiger partial charge in [-0.15, -0.1) is 11.3 Å². The second-order valence-electron chi connectivity index (χ2n) is 6.14. The highest BCUT2D eigenvalue weighted by atomic mass is 32.1. The Bertz CT molecular complexity index is 790. The first kappa shape index (κ1) is 16.7. The Balaban J connectivity index is 2.01. The first-order chi connectivity index (χ1) is 11.5. The molecule has 5 heteroatoms. The van der Waals surface area contributed by atoms with Crippen molar-refractivity contribution in [2.45, 2.75) is 33.6 Å². The molecule has 1 aliphatic carbocycles. The summed E-state index contributed by atoms with van der Waals surface area (Å²) >= 11 is 1.38. The van der Waals surface area contributed by atoms with Crippen LogP contribution in [0.4, 0.5) is 5.00 Å². The number of aryl methyl sites for hydroxylation is 2. The van der Waals surface area contributed by atoms with Crippen LogP contribution in [-0.4, -0.2) is 18.5 Å². The third-order valence-corrected chi connectivity index (χ3v) is 5.17. The Morgan fingerprint density at radius 3 is 2.62 bits per heavy atom. The van der Waals surface area contributed by atoms with Gasteiger partial charge in [0, 0.05) is 16.9 Å². The average Bonchev–Trinajstić information content (AvgIpc) is 3.32. The summed E-state index contributed by atoms with van der Waals surface area (Å²) in [7, 11) is 0. The van der Waals surface area contributed by atoms with Crippen LogP contribution in [-0.2, 0) is 9.53 Å². The van der Waals surface area contributed by atoms with Gasteiger partial charge in [0.15, 0.2) is 0 Å². The molecule has 0 spiro atoms. The Labute approximate surface area is 145 Å². The van der Waals surface area contributed by atoms with Gasteiger partial charge in [-0.25, -0.2) is 4.79 Å². The van der Waals surface area contributed by atoms with Crippen LogP contribution in [0.3, 0.4) is 0 Å². The van der Waals surface area contributed by atoms with Crippen LogP contribution >= 0.6 is 11.3 Å². The van der Waals surface area contributed by atoms with Gasteiger partial charge in [-0.2, -0.15) is 0 Å². The minimum Gasteiger partial charge on any atom is -0.462 e. The molecule has 126 valence electrons. The zero-order chi connectivity index (χ0) is 17.3. The van der Waals surface area contributed by atoms with Crippen LogP contribution in [0.5, 0.6) is 0 Å². The maximum Gasteiger partial charge on any atom is 0.341 e. The number of rotatable bonds is 5. The number of ether oxygens (including phenoxy) is 1. The maximum absolute atomic E-state index is 12.5. The lowest BCUT2D eigenvalue weighted by Crippen LogP contribution is -2.15. The van der Waals surface area contributed by atoms with Gasteiger partial charge in [-0.3, -0.25) is 4.79 Å². The van der Waals surface area contributed by atoms with Crippen LogP contribution in [0, 0.1) is 19.8 Å². The predicted octanol–water partition coefficient (Wildman–Crippen LogP) is 4.56. The maximum atomic E-state index is 12.5. The van der Waals surface area contributed by atoms with Crippen LogP contribution in [0.15, 0.2) is 23.6 Å². The third-order valence-electron chi connectivity index (χ3n) is 4.27. The van der Waals surface area contributed by atoms with Gasteiger partial charge in [-0.05, 0) is 50.3 Å². The molecule has 0 saturated heterocycles. The van der Waals surface area contributed by atoms with Crippen LogP contribution in [0.25, 0.3) is 11.1 Å². The lowest BCUT2D eigenvalue weighted by Gasteiger charge is -2.09. The molecule has 1 fully saturated rings. The quantitative estimate of drug-likeness (QED) is 0.810. The molecule has 1 saturated carbocycles. The van der Waals surface area contributed by atoms with E-state index >= 15 is 0 Å². The minimum atomic E-state index is -0.391. The summed E-state index contributed by atoms with van der Waals surface area (Å²) in [4.78, 5) is 24.6. The van der Waals surface area contributed by atoms with E-state index in [-0.39, 0.29) is 11.8 Å². The molecule has 2 aromatic rings. The summed E-state index contributed by atoms with van der Waals surface area (Å²) in [5.74, 6) is -0.306. The lowest BCUT2D eigenvalue weighted by atomic mass is 9.99. The highest BCUT2D eigenvalue weighted by molar-refractivity contribution is 7.15. The minimum absolute atomic E-state index is 0.00552. The molecule has 1 N–H and O–H groups in total. The monoisotopic (exact) mass is 343 g/mol. The number of hydrogen-bond donors (Lipinski definition) is 1. The van der Waals surface area contributed by atoms with E-state index in [1.54, 1.807) is 6.92 Å². The standard InChI is InChI=1S/C19H21NO3S/c1-4-23-19(22)16-15(14-6-5-11(2)12(3)9-14)10-24-18(16)20-17(21)13-7-8-13/h5-6,9-10,13H,4,7-8H2,1-3H3,(H,20,21). The zero-order valence-corrected chi connectivity index (χ0v) is 15.0. The van der Waals surface area contributed by atoms with Crippen molar-refractivity contribution in [1.82, 2.24) is 0 Å². The Morgan fingerprint density at radius 2 is 2.00 bits per heavy atom. The van der Waals surface area contributed by atoms with Crippen LogP contribution < -0.4 is 5.32 Å². The Kier molecular flexibility index (Phi) is 4.71. The first-order valence-corrected chi connectivity index (χ1v) is 9.06. The number of anilines is 1. The molecule has 0 unspecified atom stereocenters. The van der Waals surface area contributed by atoms with Gasteiger partial charge in [0.05, 0.1) is 6.61 Å². The number of benzene rings is 1. The van der Waals surface area contributed by atoms with Gasteiger partial charge >= 0.3 is 5.97 Å². The number of nitrogens with one attached hydrogen (secondary N) is 1. The molecule has 3 rings (SSSR count). The number of hydrogen-bond acceptors (Lipinski definition) is 4. The summed E-state index contributed by atoms with van der Waals surface area (Å²) in [6.45, 7) is 6.19. The SMILES string of the molecule is CCOC(=O)c1c(-c2ccc(C)c(C)c2)csc1NC(=O)C1CC1. The molecular formula is C19H21NO3S. The second kappa shape index (κ2) is 6.77. The number of esters is 1. The number of amides is 1. The largest absolute Gasteiger partial charge is 0.462 e. The van der Waals surface area contributed by atoms with Gasteiger partial charge < -0.3 is 10.1 Å². The van der Waals surface area contributed by atoms with Crippen molar-refractivity contribution >= 4 is 28.2 Å². The van der Waals surface area contributed by atoms with E-state index in [4.69, 9.17) is 4.74 Å². The molecular weight excluding hydrogens is 322 g/mol. The van der Waals surface area contributed by atoms with E-state index < -0.39 is 5.97 Å². The van der Waals surface area contributed by atoms with Crippen molar-refractivity contribution in [3.8, 4) is 11.1 Å². The lowest BCUT2D eigenvalue weighted by molar-refractivity contribution is -0.117. The summed E-state index contributed by atoms with van der Waals surface area (Å²) in [5.41, 5.74) is 4.60. The van der Waals surface area contributed by atoms with Gasteiger partial charge in [0.1, 0.15) is 10.6 Å². The highest BCUT2D eigenvalue weighted by Crippen LogP contribution is 2.38. The number of thiophene rings is 1. The van der Waals surface area contributed by atoms with E-state index in [0.29, 0.717) is 17.2 Å². The van der Waals surface area contributed by atoms with Crippen molar-refractivity contribution in [2.75, 3.05) is 11.9 Å². The molecule has 24 heavy (non-hydrogen) atoms. The van der Waals surface area contributed by atoms with E-state index in [0.717, 1.165) is 29.5 Å². The highest BCUT2D eigenvalue weighted by Gasteiger charge is 2.31. The normalized spacial score (nSPS) is 13.6. The fourth-order valence-corrected chi connectivity index (χ4v) is 3.50. The zero-order valence-electron chi connectivity index (χ0n) is 14.1. The van der Waals surface area contributed by atoms with Crippen molar-refractivity contribution in [3.63, 3.8) is 0 Å². The average molecular weight is 343 g/mol. The summed E-state index contributed by atoms with van der Waals surface area (Å²) in [5, 5.41) is 5.40. The molecule has 1 aromatic carbocycles. The molecule has 0 bridgehead atoms. The molecule has 1 aromatic heterocycles. The summed E-state index contributed by atoms with van der Waals surface area (Å²) < 4.78 is 5.22. The molecule has 1 amide bonds. The smallest absolute Gasteiger partial charge is 0.341 e. The topological polar surface area (TPSA) is 55.4 Å². The predicted molar refractivity (Wildman–Crippen MR) is 96.5 cm³/mol. The van der Waals surface area contributed by atoms with E-state index in [9.17, 15) is 9.59 Å². The Hall–Kier alpha value is -2.14. The van der Waals surface area contributed by atoms with Crippen molar-refractivity contribution in [3.05, 3.63) is 40.3 Å². The van der Waals surface area contributed by atoms with Crippen molar-refractivity contribution in [2.24, 2.45) is 5.92 Å². The number of carbonyl (C=O) groups excluding carboxylic acids is 2. The second-order valence-corrected chi connectivity index (χ2v) is 7.02. The van der Waals surface area contributed by atoms with E-state index in [1.807, 2.05) is 24.4 Å². The summed E-state index contributed by atoms with van der Waals surface area (Å²) in [6.07, 6.45) is 1.85. The van der Waals surface area contributed by atoms with Crippen molar-refractivity contribution in [1.29, 1.82) is 0 Å². The molecule has 0 radical (unpaired) electrons. The number of carbonyl (C=O) groups is 2. The Morgan fingerprint density at radius 1 is 1.25 bits per heavy atom. The fraction of sp³-hybridized carbons (Fsp3) is 0.368. The van der Waals surface area contributed by atoms with Crippen LogP contribution in [0.1, 0.15) is 41.3 Å².